The number of halogens is 2. The Hall–Kier alpha value is -2.82. The minimum absolute atomic E-state index is 0.0169. The molecule has 0 bridgehead atoms. The van der Waals surface area contributed by atoms with Gasteiger partial charge in [0, 0.05) is 61.6 Å². The van der Waals surface area contributed by atoms with Crippen LogP contribution in [0, 0.1) is 28.6 Å². The third-order valence-corrected chi connectivity index (χ3v) is 9.43. The predicted octanol–water partition coefficient (Wildman–Crippen LogP) is 5.50. The smallest absolute Gasteiger partial charge is 0.228 e. The van der Waals surface area contributed by atoms with E-state index in [0.717, 1.165) is 24.0 Å². The highest BCUT2D eigenvalue weighted by molar-refractivity contribution is 6.42. The van der Waals surface area contributed by atoms with Gasteiger partial charge in [-0.3, -0.25) is 9.59 Å². The van der Waals surface area contributed by atoms with Crippen LogP contribution in [-0.2, 0) is 16.0 Å². The lowest BCUT2D eigenvalue weighted by Crippen LogP contribution is -2.46. The predicted molar refractivity (Wildman–Crippen MR) is 150 cm³/mol. The number of likely N-dealkylation sites (tertiary alicyclic amines) is 2. The molecular formula is C30H34Cl2N4O3. The van der Waals surface area contributed by atoms with Crippen LogP contribution in [0.1, 0.15) is 56.6 Å². The van der Waals surface area contributed by atoms with E-state index in [4.69, 9.17) is 33.2 Å². The molecule has 2 aliphatic heterocycles. The van der Waals surface area contributed by atoms with Crippen LogP contribution in [0.25, 0.3) is 0 Å². The third-order valence-electron chi connectivity index (χ3n) is 8.69. The SMILES string of the molecule is C[C@@H](Oc1ccc(CC#N)cn1)[C@H]1CN(C(=O)C2CCN(C(=O)C3(C)CC3)CC2)C[C@@H]1c1ccc(Cl)c(Cl)c1. The molecule has 7 nitrogen and oxygen atoms in total. The van der Waals surface area contributed by atoms with Crippen LogP contribution < -0.4 is 4.74 Å². The van der Waals surface area contributed by atoms with Crippen LogP contribution in [0.5, 0.6) is 5.88 Å². The molecule has 2 saturated heterocycles. The second-order valence-electron chi connectivity index (χ2n) is 11.5. The topological polar surface area (TPSA) is 86.5 Å². The number of piperidine rings is 1. The molecule has 0 N–H and O–H groups in total. The normalized spacial score (nSPS) is 23.3. The summed E-state index contributed by atoms with van der Waals surface area (Å²) < 4.78 is 6.25. The fourth-order valence-corrected chi connectivity index (χ4v) is 6.21. The maximum Gasteiger partial charge on any atom is 0.228 e. The average molecular weight is 570 g/mol. The van der Waals surface area contributed by atoms with Gasteiger partial charge < -0.3 is 14.5 Å². The highest BCUT2D eigenvalue weighted by atomic mass is 35.5. The van der Waals surface area contributed by atoms with Crippen molar-refractivity contribution >= 4 is 35.0 Å². The maximum absolute atomic E-state index is 13.7. The van der Waals surface area contributed by atoms with Gasteiger partial charge in [0.2, 0.25) is 17.7 Å². The Kier molecular flexibility index (Phi) is 8.07. The first kappa shape index (κ1) is 27.7. The van der Waals surface area contributed by atoms with Crippen molar-refractivity contribution in [3.8, 4) is 11.9 Å². The van der Waals surface area contributed by atoms with Gasteiger partial charge in [-0.1, -0.05) is 42.3 Å². The molecule has 0 unspecified atom stereocenters. The van der Waals surface area contributed by atoms with Crippen LogP contribution >= 0.6 is 23.2 Å². The van der Waals surface area contributed by atoms with E-state index in [9.17, 15) is 9.59 Å². The van der Waals surface area contributed by atoms with Gasteiger partial charge >= 0.3 is 0 Å². The van der Waals surface area contributed by atoms with Gasteiger partial charge in [-0.15, -0.1) is 0 Å². The molecule has 1 aliphatic carbocycles. The van der Waals surface area contributed by atoms with Gasteiger partial charge in [0.25, 0.3) is 0 Å². The summed E-state index contributed by atoms with van der Waals surface area (Å²) in [6.45, 7) is 6.47. The van der Waals surface area contributed by atoms with E-state index in [1.165, 1.54) is 0 Å². The first-order valence-corrected chi connectivity index (χ1v) is 14.5. The van der Waals surface area contributed by atoms with E-state index in [-0.39, 0.29) is 41.1 Å². The number of hydrogen-bond acceptors (Lipinski definition) is 5. The standard InChI is InChI=1S/C30H34Cl2N4O3/c1-19(39-27-6-3-20(7-12-33)16-34-27)23-17-36(18-24(23)22-4-5-25(31)26(32)15-22)28(37)21-8-13-35(14-9-21)29(38)30(2)10-11-30/h3-6,15-16,19,21,23-24H,7-11,13-14,17-18H2,1-2H3/t19-,23-,24-/m1/s1. The van der Waals surface area contributed by atoms with Crippen molar-refractivity contribution in [2.45, 2.75) is 58.0 Å². The molecule has 1 aromatic heterocycles. The van der Waals surface area contributed by atoms with E-state index < -0.39 is 0 Å². The van der Waals surface area contributed by atoms with Crippen molar-refractivity contribution in [3.05, 3.63) is 57.7 Å². The molecule has 0 radical (unpaired) electrons. The lowest BCUT2D eigenvalue weighted by molar-refractivity contribution is -0.142. The lowest BCUT2D eigenvalue weighted by Gasteiger charge is -2.34. The number of amides is 2. The summed E-state index contributed by atoms with van der Waals surface area (Å²) in [5.74, 6) is 0.840. The number of carbonyl (C=O) groups excluding carboxylic acids is 2. The average Bonchev–Trinajstić information content (AvgIpc) is 3.53. The molecule has 3 aliphatic rings. The molecule has 3 atom stereocenters. The molecule has 2 aromatic rings. The van der Waals surface area contributed by atoms with Crippen LogP contribution in [0.3, 0.4) is 0 Å². The Labute approximate surface area is 240 Å². The number of pyridine rings is 1. The first-order chi connectivity index (χ1) is 18.7. The summed E-state index contributed by atoms with van der Waals surface area (Å²) in [4.78, 5) is 34.8. The largest absolute Gasteiger partial charge is 0.474 e. The monoisotopic (exact) mass is 568 g/mol. The molecule has 1 saturated carbocycles. The van der Waals surface area contributed by atoms with Gasteiger partial charge in [0.15, 0.2) is 0 Å². The number of hydrogen-bond donors (Lipinski definition) is 0. The Morgan fingerprint density at radius 2 is 1.87 bits per heavy atom. The number of rotatable bonds is 7. The highest BCUT2D eigenvalue weighted by Gasteiger charge is 2.48. The van der Waals surface area contributed by atoms with Crippen molar-refractivity contribution in [1.29, 1.82) is 5.26 Å². The number of carbonyl (C=O) groups is 2. The van der Waals surface area contributed by atoms with E-state index >= 15 is 0 Å². The zero-order chi connectivity index (χ0) is 27.7. The Balaban J connectivity index is 1.29. The number of nitrogens with zero attached hydrogens (tertiary/aromatic N) is 4. The van der Waals surface area contributed by atoms with E-state index in [0.29, 0.717) is 61.4 Å². The summed E-state index contributed by atoms with van der Waals surface area (Å²) in [6, 6.07) is 11.4. The molecule has 0 spiro atoms. The van der Waals surface area contributed by atoms with E-state index in [1.807, 2.05) is 41.8 Å². The van der Waals surface area contributed by atoms with Crippen LogP contribution in [0.15, 0.2) is 36.5 Å². The van der Waals surface area contributed by atoms with Crippen molar-refractivity contribution in [2.75, 3.05) is 26.2 Å². The molecule has 9 heteroatoms. The minimum Gasteiger partial charge on any atom is -0.474 e. The summed E-state index contributed by atoms with van der Waals surface area (Å²) >= 11 is 12.6. The van der Waals surface area contributed by atoms with Gasteiger partial charge in [0.1, 0.15) is 6.10 Å². The zero-order valence-electron chi connectivity index (χ0n) is 22.4. The minimum atomic E-state index is -0.227. The number of nitriles is 1. The van der Waals surface area contributed by atoms with Crippen molar-refractivity contribution < 1.29 is 14.3 Å². The molecule has 3 fully saturated rings. The van der Waals surface area contributed by atoms with E-state index in [1.54, 1.807) is 18.3 Å². The summed E-state index contributed by atoms with van der Waals surface area (Å²) in [5, 5.41) is 9.90. The summed E-state index contributed by atoms with van der Waals surface area (Å²) in [6.07, 6.45) is 5.07. The van der Waals surface area contributed by atoms with Gasteiger partial charge in [-0.25, -0.2) is 4.98 Å². The molecule has 5 rings (SSSR count). The first-order valence-electron chi connectivity index (χ1n) is 13.7. The Bertz CT molecular complexity index is 1270. The second-order valence-corrected chi connectivity index (χ2v) is 12.3. The Morgan fingerprint density at radius 1 is 1.13 bits per heavy atom. The quantitative estimate of drug-likeness (QED) is 0.440. The molecule has 2 amide bonds. The number of ether oxygens (including phenoxy) is 1. The fraction of sp³-hybridized carbons (Fsp3) is 0.533. The van der Waals surface area contributed by atoms with Crippen LogP contribution in [0.2, 0.25) is 10.0 Å². The second kappa shape index (κ2) is 11.3. The zero-order valence-corrected chi connectivity index (χ0v) is 23.9. The van der Waals surface area contributed by atoms with Crippen molar-refractivity contribution in [3.63, 3.8) is 0 Å². The molecule has 1 aromatic carbocycles. The van der Waals surface area contributed by atoms with Crippen molar-refractivity contribution in [2.24, 2.45) is 17.3 Å². The lowest BCUT2D eigenvalue weighted by atomic mass is 9.86. The van der Waals surface area contributed by atoms with Gasteiger partial charge in [-0.05, 0) is 55.9 Å². The molecular weight excluding hydrogens is 535 g/mol. The number of benzene rings is 1. The van der Waals surface area contributed by atoms with Crippen LogP contribution in [-0.4, -0.2) is 58.9 Å². The van der Waals surface area contributed by atoms with Gasteiger partial charge in [0.05, 0.1) is 22.5 Å². The number of aromatic nitrogens is 1. The highest BCUT2D eigenvalue weighted by Crippen LogP contribution is 2.47. The third kappa shape index (κ3) is 6.02. The fourth-order valence-electron chi connectivity index (χ4n) is 5.91. The van der Waals surface area contributed by atoms with E-state index in [2.05, 4.69) is 11.1 Å². The molecule has 206 valence electrons. The van der Waals surface area contributed by atoms with Crippen LogP contribution in [0.4, 0.5) is 0 Å². The van der Waals surface area contributed by atoms with Crippen molar-refractivity contribution in [1.82, 2.24) is 14.8 Å². The summed E-state index contributed by atoms with van der Waals surface area (Å²) in [5.41, 5.74) is 1.69. The van der Waals surface area contributed by atoms with Gasteiger partial charge in [-0.2, -0.15) is 5.26 Å². The molecule has 3 heterocycles. The maximum atomic E-state index is 13.7. The Morgan fingerprint density at radius 3 is 2.49 bits per heavy atom. The molecule has 39 heavy (non-hydrogen) atoms. The summed E-state index contributed by atoms with van der Waals surface area (Å²) in [7, 11) is 0.